The zero-order chi connectivity index (χ0) is 22.8. The number of aromatic nitrogens is 6. The zero-order valence-electron chi connectivity index (χ0n) is 16.6. The van der Waals surface area contributed by atoms with Crippen molar-refractivity contribution in [1.29, 1.82) is 0 Å². The molecule has 0 unspecified atom stereocenters. The molecule has 0 amide bonds. The molecule has 0 aliphatic carbocycles. The van der Waals surface area contributed by atoms with E-state index in [1.54, 1.807) is 24.0 Å². The SMILES string of the molecule is Cn1nccc1Nc1nccc(-c2ncn([C@H](CO)c3ccc(Cl)c(F)c3)c(=O)c2F)n1. The summed E-state index contributed by atoms with van der Waals surface area (Å²) < 4.78 is 31.3. The van der Waals surface area contributed by atoms with Gasteiger partial charge in [-0.25, -0.2) is 19.3 Å². The van der Waals surface area contributed by atoms with Gasteiger partial charge in [0.25, 0.3) is 5.56 Å². The summed E-state index contributed by atoms with van der Waals surface area (Å²) in [6.45, 7) is -0.590. The van der Waals surface area contributed by atoms with E-state index in [-0.39, 0.29) is 27.9 Å². The van der Waals surface area contributed by atoms with Crippen LogP contribution >= 0.6 is 11.6 Å². The van der Waals surface area contributed by atoms with Gasteiger partial charge in [-0.1, -0.05) is 17.7 Å². The Labute approximate surface area is 185 Å². The number of nitrogens with one attached hydrogen (secondary N) is 1. The molecule has 0 bridgehead atoms. The fourth-order valence-electron chi connectivity index (χ4n) is 3.08. The molecule has 0 saturated heterocycles. The Hall–Kier alpha value is -3.70. The largest absolute Gasteiger partial charge is 0.394 e. The van der Waals surface area contributed by atoms with Gasteiger partial charge >= 0.3 is 0 Å². The summed E-state index contributed by atoms with van der Waals surface area (Å²) in [4.78, 5) is 25.0. The van der Waals surface area contributed by atoms with Crippen LogP contribution in [0.25, 0.3) is 11.4 Å². The van der Waals surface area contributed by atoms with Gasteiger partial charge in [0.05, 0.1) is 35.9 Å². The van der Waals surface area contributed by atoms with Crippen molar-refractivity contribution in [2.45, 2.75) is 6.04 Å². The second kappa shape index (κ2) is 8.81. The van der Waals surface area contributed by atoms with Crippen molar-refractivity contribution in [3.05, 3.63) is 81.6 Å². The van der Waals surface area contributed by atoms with Crippen LogP contribution in [0.5, 0.6) is 0 Å². The third-order valence-electron chi connectivity index (χ3n) is 4.74. The van der Waals surface area contributed by atoms with Gasteiger partial charge in [0.15, 0.2) is 0 Å². The van der Waals surface area contributed by atoms with Crippen molar-refractivity contribution in [1.82, 2.24) is 29.3 Å². The third-order valence-corrected chi connectivity index (χ3v) is 5.04. The maximum Gasteiger partial charge on any atom is 0.290 e. The van der Waals surface area contributed by atoms with Gasteiger partial charge < -0.3 is 10.4 Å². The van der Waals surface area contributed by atoms with Gasteiger partial charge in [-0.15, -0.1) is 0 Å². The molecule has 0 fully saturated rings. The Morgan fingerprint density at radius 1 is 1.19 bits per heavy atom. The van der Waals surface area contributed by atoms with E-state index in [1.165, 1.54) is 24.4 Å². The van der Waals surface area contributed by atoms with Gasteiger partial charge in [0.2, 0.25) is 11.8 Å². The van der Waals surface area contributed by atoms with Gasteiger partial charge in [-0.2, -0.15) is 9.49 Å². The average molecular weight is 460 g/mol. The first-order valence-electron chi connectivity index (χ1n) is 9.30. The van der Waals surface area contributed by atoms with E-state index in [0.29, 0.717) is 5.82 Å². The van der Waals surface area contributed by atoms with Crippen molar-refractivity contribution in [2.75, 3.05) is 11.9 Å². The summed E-state index contributed by atoms with van der Waals surface area (Å²) in [6, 6.07) is 5.84. The number of hydrogen-bond donors (Lipinski definition) is 2. The fourth-order valence-corrected chi connectivity index (χ4v) is 3.20. The van der Waals surface area contributed by atoms with Crippen LogP contribution < -0.4 is 10.9 Å². The molecule has 0 aliphatic rings. The van der Waals surface area contributed by atoms with Crippen LogP contribution in [-0.4, -0.2) is 41.0 Å². The highest BCUT2D eigenvalue weighted by molar-refractivity contribution is 6.30. The lowest BCUT2D eigenvalue weighted by Crippen LogP contribution is -2.30. The van der Waals surface area contributed by atoms with E-state index in [9.17, 15) is 14.3 Å². The lowest BCUT2D eigenvalue weighted by atomic mass is 10.1. The van der Waals surface area contributed by atoms with E-state index in [2.05, 4.69) is 25.4 Å². The van der Waals surface area contributed by atoms with Crippen LogP contribution in [0.2, 0.25) is 5.02 Å². The highest BCUT2D eigenvalue weighted by Gasteiger charge is 2.21. The highest BCUT2D eigenvalue weighted by atomic mass is 35.5. The molecule has 3 aromatic heterocycles. The molecule has 0 aliphatic heterocycles. The number of anilines is 2. The molecular formula is C20H16ClF2N7O2. The summed E-state index contributed by atoms with van der Waals surface area (Å²) in [7, 11) is 1.72. The summed E-state index contributed by atoms with van der Waals surface area (Å²) >= 11 is 5.69. The van der Waals surface area contributed by atoms with Crippen molar-refractivity contribution >= 4 is 23.4 Å². The normalized spacial score (nSPS) is 12.0. The number of halogens is 3. The molecule has 0 spiro atoms. The van der Waals surface area contributed by atoms with E-state index in [4.69, 9.17) is 11.6 Å². The van der Waals surface area contributed by atoms with Crippen LogP contribution in [0.4, 0.5) is 20.5 Å². The predicted octanol–water partition coefficient (Wildman–Crippen LogP) is 2.69. The highest BCUT2D eigenvalue weighted by Crippen LogP contribution is 2.24. The number of aliphatic hydroxyl groups is 1. The van der Waals surface area contributed by atoms with Gasteiger partial charge in [0.1, 0.15) is 17.3 Å². The molecule has 1 aromatic carbocycles. The summed E-state index contributed by atoms with van der Waals surface area (Å²) in [5, 5.41) is 16.6. The van der Waals surface area contributed by atoms with Gasteiger partial charge in [0, 0.05) is 19.3 Å². The van der Waals surface area contributed by atoms with Crippen LogP contribution in [0.1, 0.15) is 11.6 Å². The molecule has 9 nitrogen and oxygen atoms in total. The Balaban J connectivity index is 1.70. The summed E-state index contributed by atoms with van der Waals surface area (Å²) in [5.74, 6) is -1.14. The Bertz CT molecular complexity index is 1340. The van der Waals surface area contributed by atoms with E-state index < -0.39 is 29.8 Å². The molecule has 32 heavy (non-hydrogen) atoms. The van der Waals surface area contributed by atoms with Crippen molar-refractivity contribution in [2.24, 2.45) is 7.05 Å². The van der Waals surface area contributed by atoms with E-state index in [0.717, 1.165) is 17.0 Å². The summed E-state index contributed by atoms with van der Waals surface area (Å²) in [6.07, 6.45) is 4.04. The van der Waals surface area contributed by atoms with Crippen LogP contribution in [0, 0.1) is 11.6 Å². The minimum Gasteiger partial charge on any atom is -0.394 e. The number of hydrogen-bond acceptors (Lipinski definition) is 7. The number of rotatable bonds is 6. The smallest absolute Gasteiger partial charge is 0.290 e. The lowest BCUT2D eigenvalue weighted by Gasteiger charge is -2.18. The molecule has 4 aromatic rings. The van der Waals surface area contributed by atoms with Crippen LogP contribution in [-0.2, 0) is 7.05 Å². The number of benzene rings is 1. The fraction of sp³-hybridized carbons (Fsp3) is 0.150. The van der Waals surface area contributed by atoms with Crippen LogP contribution in [0.3, 0.4) is 0 Å². The molecule has 1 atom stereocenters. The number of aliphatic hydroxyl groups excluding tert-OH is 1. The molecule has 0 radical (unpaired) electrons. The Morgan fingerprint density at radius 2 is 2.00 bits per heavy atom. The van der Waals surface area contributed by atoms with Gasteiger partial charge in [-0.05, 0) is 23.8 Å². The minimum atomic E-state index is -1.18. The minimum absolute atomic E-state index is 0.0736. The Morgan fingerprint density at radius 3 is 2.69 bits per heavy atom. The second-order valence-electron chi connectivity index (χ2n) is 6.72. The first kappa shape index (κ1) is 21.5. The molecule has 4 rings (SSSR count). The summed E-state index contributed by atoms with van der Waals surface area (Å²) in [5.41, 5.74) is -1.04. The lowest BCUT2D eigenvalue weighted by molar-refractivity contribution is 0.244. The van der Waals surface area contributed by atoms with Crippen molar-refractivity contribution < 1.29 is 13.9 Å². The average Bonchev–Trinajstić information content (AvgIpc) is 3.18. The molecule has 2 N–H and O–H groups in total. The second-order valence-corrected chi connectivity index (χ2v) is 7.13. The first-order chi connectivity index (χ1) is 15.4. The third kappa shape index (κ3) is 4.07. The molecule has 0 saturated carbocycles. The first-order valence-corrected chi connectivity index (χ1v) is 9.67. The maximum atomic E-state index is 15.0. The molecule has 164 valence electrons. The number of aryl methyl sites for hydroxylation is 1. The monoisotopic (exact) mass is 459 g/mol. The van der Waals surface area contributed by atoms with E-state index >= 15 is 4.39 Å². The molecule has 3 heterocycles. The number of nitrogens with zero attached hydrogens (tertiary/aromatic N) is 6. The maximum absolute atomic E-state index is 15.0. The van der Waals surface area contributed by atoms with Crippen molar-refractivity contribution in [3.63, 3.8) is 0 Å². The standard InChI is InChI=1S/C20H16ClF2N7O2/c1-29-16(5-7-26-29)28-20-24-6-4-14(27-20)18-17(23)19(32)30(10-25-18)15(9-31)11-2-3-12(21)13(22)8-11/h2-8,10,15,31H,9H2,1H3,(H,24,27,28)/t15-/m1/s1. The topological polar surface area (TPSA) is 111 Å². The van der Waals surface area contributed by atoms with Crippen LogP contribution in [0.15, 0.2) is 53.8 Å². The van der Waals surface area contributed by atoms with Gasteiger partial charge in [-0.3, -0.25) is 14.0 Å². The quantitative estimate of drug-likeness (QED) is 0.456. The Kier molecular flexibility index (Phi) is 5.93. The predicted molar refractivity (Wildman–Crippen MR) is 113 cm³/mol. The van der Waals surface area contributed by atoms with Crippen molar-refractivity contribution in [3.8, 4) is 11.4 Å². The molecule has 12 heteroatoms. The van der Waals surface area contributed by atoms with E-state index in [1.807, 2.05) is 0 Å². The zero-order valence-corrected chi connectivity index (χ0v) is 17.3. The molecular weight excluding hydrogens is 444 g/mol.